The molecule has 0 aliphatic carbocycles. The number of hydrogen-bond donors (Lipinski definition) is 1. The quantitative estimate of drug-likeness (QED) is 0.633. The van der Waals surface area contributed by atoms with E-state index in [0.29, 0.717) is 19.7 Å². The van der Waals surface area contributed by atoms with Gasteiger partial charge in [0.2, 0.25) is 0 Å². The molecule has 2 aromatic carbocycles. The largest absolute Gasteiger partial charge is 0.492 e. The van der Waals surface area contributed by atoms with Gasteiger partial charge < -0.3 is 19.9 Å². The van der Waals surface area contributed by atoms with Crippen molar-refractivity contribution < 1.29 is 9.53 Å². The number of benzene rings is 2. The molecule has 1 N–H and O–H groups in total. The number of para-hydroxylation sites is 1. The molecule has 0 aliphatic rings. The summed E-state index contributed by atoms with van der Waals surface area (Å²) in [6, 6.07) is 19.7. The number of hydrogen-bond acceptors (Lipinski definition) is 3. The highest BCUT2D eigenvalue weighted by molar-refractivity contribution is 5.74. The minimum Gasteiger partial charge on any atom is -0.492 e. The van der Waals surface area contributed by atoms with Crippen molar-refractivity contribution in [3.05, 3.63) is 66.2 Å². The van der Waals surface area contributed by atoms with Crippen molar-refractivity contribution in [2.45, 2.75) is 26.8 Å². The predicted octanol–water partition coefficient (Wildman–Crippen LogP) is 4.18. The minimum absolute atomic E-state index is 0.0333. The van der Waals surface area contributed by atoms with Gasteiger partial charge in [-0.3, -0.25) is 0 Å². The monoisotopic (exact) mass is 383 g/mol. The molecule has 0 fully saturated rings. The van der Waals surface area contributed by atoms with Crippen molar-refractivity contribution in [2.24, 2.45) is 0 Å². The maximum absolute atomic E-state index is 12.9. The SMILES string of the molecule is CCN(CC)CCNC(=O)N(CCOc1ccccc1)C(C)c1ccccc1. The zero-order chi connectivity index (χ0) is 20.2. The Morgan fingerprint density at radius 3 is 2.18 bits per heavy atom. The number of nitrogens with zero attached hydrogens (tertiary/aromatic N) is 2. The molecule has 0 radical (unpaired) electrons. The highest BCUT2D eigenvalue weighted by Crippen LogP contribution is 2.20. The van der Waals surface area contributed by atoms with Gasteiger partial charge >= 0.3 is 6.03 Å². The van der Waals surface area contributed by atoms with Crippen molar-refractivity contribution in [3.8, 4) is 5.75 Å². The third-order valence-corrected chi connectivity index (χ3v) is 4.95. The van der Waals surface area contributed by atoms with E-state index in [1.165, 1.54) is 0 Å². The molecule has 28 heavy (non-hydrogen) atoms. The van der Waals surface area contributed by atoms with Crippen LogP contribution in [0.3, 0.4) is 0 Å². The van der Waals surface area contributed by atoms with E-state index in [2.05, 4.69) is 43.1 Å². The Bertz CT molecular complexity index is 675. The number of carbonyl (C=O) groups excluding carboxylic acids is 1. The molecule has 0 aliphatic heterocycles. The van der Waals surface area contributed by atoms with Gasteiger partial charge in [-0.2, -0.15) is 0 Å². The molecule has 0 saturated carbocycles. The standard InChI is InChI=1S/C23H33N3O2/c1-4-25(5-2)17-16-24-23(27)26(20(3)21-12-8-6-9-13-21)18-19-28-22-14-10-7-11-15-22/h6-15,20H,4-5,16-19H2,1-3H3,(H,24,27). The van der Waals surface area contributed by atoms with Crippen LogP contribution in [0.2, 0.25) is 0 Å². The van der Waals surface area contributed by atoms with Crippen molar-refractivity contribution in [3.63, 3.8) is 0 Å². The number of ether oxygens (including phenoxy) is 1. The number of likely N-dealkylation sites (N-methyl/N-ethyl adjacent to an activating group) is 1. The Labute approximate surface area is 169 Å². The third-order valence-electron chi connectivity index (χ3n) is 4.95. The lowest BCUT2D eigenvalue weighted by Crippen LogP contribution is -2.45. The Hall–Kier alpha value is -2.53. The van der Waals surface area contributed by atoms with Gasteiger partial charge in [-0.25, -0.2) is 4.79 Å². The summed E-state index contributed by atoms with van der Waals surface area (Å²) in [7, 11) is 0. The van der Waals surface area contributed by atoms with Crippen molar-refractivity contribution in [2.75, 3.05) is 39.3 Å². The van der Waals surface area contributed by atoms with Gasteiger partial charge in [0, 0.05) is 13.1 Å². The summed E-state index contributed by atoms with van der Waals surface area (Å²) in [5.74, 6) is 0.816. The van der Waals surface area contributed by atoms with Crippen molar-refractivity contribution in [1.82, 2.24) is 15.1 Å². The average Bonchev–Trinajstić information content (AvgIpc) is 2.75. The lowest BCUT2D eigenvalue weighted by molar-refractivity contribution is 0.160. The first-order valence-electron chi connectivity index (χ1n) is 10.1. The van der Waals surface area contributed by atoms with Crippen LogP contribution in [-0.2, 0) is 0 Å². The lowest BCUT2D eigenvalue weighted by atomic mass is 10.1. The van der Waals surface area contributed by atoms with Gasteiger partial charge in [-0.05, 0) is 37.7 Å². The zero-order valence-electron chi connectivity index (χ0n) is 17.3. The van der Waals surface area contributed by atoms with Crippen LogP contribution in [0.4, 0.5) is 4.79 Å². The molecule has 2 amide bonds. The van der Waals surface area contributed by atoms with Gasteiger partial charge in [0.05, 0.1) is 12.6 Å². The summed E-state index contributed by atoms with van der Waals surface area (Å²) >= 11 is 0. The summed E-state index contributed by atoms with van der Waals surface area (Å²) in [4.78, 5) is 17.0. The highest BCUT2D eigenvalue weighted by atomic mass is 16.5. The first kappa shape index (κ1) is 21.8. The molecule has 2 aromatic rings. The average molecular weight is 384 g/mol. The molecular weight excluding hydrogens is 350 g/mol. The number of amides is 2. The Morgan fingerprint density at radius 1 is 0.964 bits per heavy atom. The van der Waals surface area contributed by atoms with Crippen LogP contribution in [0.25, 0.3) is 0 Å². The van der Waals surface area contributed by atoms with Crippen LogP contribution < -0.4 is 10.1 Å². The predicted molar refractivity (Wildman–Crippen MR) is 115 cm³/mol. The maximum Gasteiger partial charge on any atom is 0.318 e. The van der Waals surface area contributed by atoms with E-state index in [1.54, 1.807) is 0 Å². The van der Waals surface area contributed by atoms with Crippen LogP contribution in [0.15, 0.2) is 60.7 Å². The van der Waals surface area contributed by atoms with Crippen LogP contribution in [0.1, 0.15) is 32.4 Å². The fourth-order valence-electron chi connectivity index (χ4n) is 3.12. The van der Waals surface area contributed by atoms with Gasteiger partial charge in [0.1, 0.15) is 12.4 Å². The molecule has 0 spiro atoms. The van der Waals surface area contributed by atoms with E-state index >= 15 is 0 Å². The number of rotatable bonds is 11. The fraction of sp³-hybridized carbons (Fsp3) is 0.435. The molecule has 5 nitrogen and oxygen atoms in total. The Balaban J connectivity index is 1.97. The minimum atomic E-state index is -0.0554. The molecule has 0 saturated heterocycles. The highest BCUT2D eigenvalue weighted by Gasteiger charge is 2.21. The molecule has 1 atom stereocenters. The Morgan fingerprint density at radius 2 is 1.57 bits per heavy atom. The smallest absolute Gasteiger partial charge is 0.318 e. The molecule has 5 heteroatoms. The molecular formula is C23H33N3O2. The normalized spacial score (nSPS) is 11.9. The number of nitrogens with one attached hydrogen (secondary N) is 1. The van der Waals surface area contributed by atoms with E-state index in [0.717, 1.165) is 30.9 Å². The lowest BCUT2D eigenvalue weighted by Gasteiger charge is -2.30. The summed E-state index contributed by atoms with van der Waals surface area (Å²) in [5, 5.41) is 3.07. The first-order chi connectivity index (χ1) is 13.7. The van der Waals surface area contributed by atoms with Crippen LogP contribution in [0.5, 0.6) is 5.75 Å². The summed E-state index contributed by atoms with van der Waals surface area (Å²) in [6.45, 7) is 10.8. The molecule has 152 valence electrons. The first-order valence-corrected chi connectivity index (χ1v) is 10.1. The number of carbonyl (C=O) groups is 1. The van der Waals surface area contributed by atoms with Gasteiger partial charge in [0.15, 0.2) is 0 Å². The summed E-state index contributed by atoms with van der Waals surface area (Å²) in [6.07, 6.45) is 0. The molecule has 2 rings (SSSR count). The second-order valence-electron chi connectivity index (χ2n) is 6.70. The van der Waals surface area contributed by atoms with Gasteiger partial charge in [0.25, 0.3) is 0 Å². The molecule has 0 bridgehead atoms. The van der Waals surface area contributed by atoms with E-state index in [9.17, 15) is 4.79 Å². The van der Waals surface area contributed by atoms with Crippen LogP contribution in [0, 0.1) is 0 Å². The van der Waals surface area contributed by atoms with Crippen LogP contribution in [-0.4, -0.2) is 55.2 Å². The summed E-state index contributed by atoms with van der Waals surface area (Å²) < 4.78 is 5.82. The third kappa shape index (κ3) is 6.89. The van der Waals surface area contributed by atoms with Crippen molar-refractivity contribution in [1.29, 1.82) is 0 Å². The zero-order valence-corrected chi connectivity index (χ0v) is 17.3. The summed E-state index contributed by atoms with van der Waals surface area (Å²) in [5.41, 5.74) is 1.11. The van der Waals surface area contributed by atoms with E-state index in [4.69, 9.17) is 4.74 Å². The van der Waals surface area contributed by atoms with Gasteiger partial charge in [-0.15, -0.1) is 0 Å². The maximum atomic E-state index is 12.9. The van der Waals surface area contributed by atoms with E-state index in [-0.39, 0.29) is 12.1 Å². The fourth-order valence-corrected chi connectivity index (χ4v) is 3.12. The van der Waals surface area contributed by atoms with Gasteiger partial charge in [-0.1, -0.05) is 62.4 Å². The molecule has 1 unspecified atom stereocenters. The number of urea groups is 1. The second kappa shape index (κ2) is 12.0. The second-order valence-corrected chi connectivity index (χ2v) is 6.70. The molecule has 0 heterocycles. The van der Waals surface area contributed by atoms with Crippen LogP contribution >= 0.6 is 0 Å². The topological polar surface area (TPSA) is 44.8 Å². The molecule has 0 aromatic heterocycles. The van der Waals surface area contributed by atoms with E-state index < -0.39 is 0 Å². The van der Waals surface area contributed by atoms with E-state index in [1.807, 2.05) is 53.4 Å². The Kier molecular flexibility index (Phi) is 9.35. The van der Waals surface area contributed by atoms with Crippen molar-refractivity contribution >= 4 is 6.03 Å².